The lowest BCUT2D eigenvalue weighted by Crippen LogP contribution is -2.49. The Hall–Kier alpha value is -2.66. The molecule has 6 heteroatoms. The number of aromatic nitrogens is 1. The average molecular weight is 384 g/mol. The largest absolute Gasteiger partial charge is 0.492 e. The maximum Gasteiger partial charge on any atom is 0.271 e. The zero-order valence-electron chi connectivity index (χ0n) is 15.2. The predicted octanol–water partition coefficient (Wildman–Crippen LogP) is 4.18. The van der Waals surface area contributed by atoms with Crippen LogP contribution in [0, 0.1) is 0 Å². The van der Waals surface area contributed by atoms with Gasteiger partial charge in [-0.1, -0.05) is 41.9 Å². The van der Waals surface area contributed by atoms with Crippen molar-refractivity contribution < 1.29 is 9.53 Å². The van der Waals surface area contributed by atoms with Crippen LogP contribution in [0.25, 0.3) is 10.9 Å². The summed E-state index contributed by atoms with van der Waals surface area (Å²) in [7, 11) is 0. The topological polar surface area (TPSA) is 48.6 Å². The number of hydrogen-bond acceptors (Lipinski definition) is 3. The Morgan fingerprint density at radius 1 is 1.07 bits per heavy atom. The van der Waals surface area contributed by atoms with Gasteiger partial charge in [-0.05, 0) is 25.1 Å². The molecule has 1 amide bonds. The van der Waals surface area contributed by atoms with E-state index in [0.717, 1.165) is 35.4 Å². The summed E-state index contributed by atoms with van der Waals surface area (Å²) in [5.41, 5.74) is 2.44. The molecule has 1 N–H and O–H groups in total. The fourth-order valence-corrected chi connectivity index (χ4v) is 3.85. The van der Waals surface area contributed by atoms with Crippen molar-refractivity contribution in [3.63, 3.8) is 0 Å². The lowest BCUT2D eigenvalue weighted by Gasteiger charge is -2.36. The highest BCUT2D eigenvalue weighted by Gasteiger charge is 2.26. The van der Waals surface area contributed by atoms with E-state index in [-0.39, 0.29) is 5.91 Å². The number of aromatic amines is 1. The van der Waals surface area contributed by atoms with Crippen molar-refractivity contribution in [2.45, 2.75) is 6.92 Å². The van der Waals surface area contributed by atoms with E-state index in [0.29, 0.717) is 30.4 Å². The lowest BCUT2D eigenvalue weighted by molar-refractivity contribution is 0.0742. The molecule has 1 saturated heterocycles. The van der Waals surface area contributed by atoms with Crippen LogP contribution < -0.4 is 9.64 Å². The van der Waals surface area contributed by atoms with E-state index in [2.05, 4.69) is 16.0 Å². The van der Waals surface area contributed by atoms with E-state index in [4.69, 9.17) is 16.3 Å². The molecule has 0 aliphatic carbocycles. The molecule has 2 aromatic carbocycles. The van der Waals surface area contributed by atoms with Gasteiger partial charge in [-0.2, -0.15) is 0 Å². The molecule has 4 rings (SSSR count). The molecule has 1 fully saturated rings. The van der Waals surface area contributed by atoms with Crippen molar-refractivity contribution in [2.75, 3.05) is 37.7 Å². The van der Waals surface area contributed by atoms with Gasteiger partial charge in [0, 0.05) is 37.1 Å². The van der Waals surface area contributed by atoms with Gasteiger partial charge >= 0.3 is 0 Å². The number of anilines is 1. The molecule has 0 unspecified atom stereocenters. The highest BCUT2D eigenvalue weighted by molar-refractivity contribution is 6.38. The molecule has 1 aliphatic rings. The molecule has 1 aromatic heterocycles. The predicted molar refractivity (Wildman–Crippen MR) is 109 cm³/mol. The number of carbonyl (C=O) groups is 1. The fourth-order valence-electron chi connectivity index (χ4n) is 3.56. The quantitative estimate of drug-likeness (QED) is 0.735. The van der Waals surface area contributed by atoms with Crippen LogP contribution in [0.15, 0.2) is 48.5 Å². The highest BCUT2D eigenvalue weighted by Crippen LogP contribution is 2.30. The monoisotopic (exact) mass is 383 g/mol. The zero-order valence-corrected chi connectivity index (χ0v) is 16.0. The summed E-state index contributed by atoms with van der Waals surface area (Å²) in [5.74, 6) is 0.840. The van der Waals surface area contributed by atoms with Gasteiger partial charge in [-0.15, -0.1) is 0 Å². The molecule has 0 radical (unpaired) electrons. The molecule has 0 saturated carbocycles. The molecule has 140 valence electrons. The second-order valence-electron chi connectivity index (χ2n) is 6.54. The Morgan fingerprint density at radius 2 is 1.78 bits per heavy atom. The van der Waals surface area contributed by atoms with E-state index >= 15 is 0 Å². The molecule has 0 atom stereocenters. The van der Waals surface area contributed by atoms with Gasteiger partial charge in [0.15, 0.2) is 0 Å². The smallest absolute Gasteiger partial charge is 0.271 e. The number of nitrogens with one attached hydrogen (secondary N) is 1. The van der Waals surface area contributed by atoms with Crippen LogP contribution >= 0.6 is 11.6 Å². The van der Waals surface area contributed by atoms with Gasteiger partial charge < -0.3 is 19.5 Å². The third-order valence-corrected chi connectivity index (χ3v) is 5.32. The van der Waals surface area contributed by atoms with Crippen molar-refractivity contribution >= 4 is 34.1 Å². The first-order valence-corrected chi connectivity index (χ1v) is 9.59. The van der Waals surface area contributed by atoms with Gasteiger partial charge in [0.2, 0.25) is 0 Å². The summed E-state index contributed by atoms with van der Waals surface area (Å²) in [4.78, 5) is 20.3. The summed E-state index contributed by atoms with van der Waals surface area (Å²) in [6.45, 7) is 5.42. The Balaban J connectivity index is 1.49. The summed E-state index contributed by atoms with van der Waals surface area (Å²) in [6, 6.07) is 15.8. The molecule has 0 bridgehead atoms. The molecular formula is C21H22ClN3O2. The molecular weight excluding hydrogens is 362 g/mol. The van der Waals surface area contributed by atoms with Crippen molar-refractivity contribution in [1.82, 2.24) is 9.88 Å². The fraction of sp³-hybridized carbons (Fsp3) is 0.286. The number of benzene rings is 2. The van der Waals surface area contributed by atoms with E-state index in [1.165, 1.54) is 0 Å². The molecule has 3 aromatic rings. The second-order valence-corrected chi connectivity index (χ2v) is 6.92. The van der Waals surface area contributed by atoms with Gasteiger partial charge in [-0.3, -0.25) is 4.79 Å². The number of piperazine rings is 1. The number of halogens is 1. The van der Waals surface area contributed by atoms with E-state index < -0.39 is 0 Å². The third-order valence-electron chi connectivity index (χ3n) is 4.93. The van der Waals surface area contributed by atoms with Crippen LogP contribution in [0.5, 0.6) is 5.75 Å². The van der Waals surface area contributed by atoms with Crippen LogP contribution in [0.4, 0.5) is 5.69 Å². The van der Waals surface area contributed by atoms with Crippen LogP contribution in [0.1, 0.15) is 17.4 Å². The minimum atomic E-state index is -0.0473. The van der Waals surface area contributed by atoms with E-state index in [1.54, 1.807) is 0 Å². The molecule has 1 aliphatic heterocycles. The summed E-state index contributed by atoms with van der Waals surface area (Å²) >= 11 is 6.45. The Bertz CT molecular complexity index is 961. The first-order valence-electron chi connectivity index (χ1n) is 9.21. The number of hydrogen-bond donors (Lipinski definition) is 1. The van der Waals surface area contributed by atoms with Gasteiger partial charge in [0.1, 0.15) is 11.4 Å². The number of nitrogens with zero attached hydrogens (tertiary/aromatic N) is 2. The van der Waals surface area contributed by atoms with Crippen molar-refractivity contribution in [3.05, 3.63) is 59.2 Å². The van der Waals surface area contributed by atoms with Crippen LogP contribution in [0.3, 0.4) is 0 Å². The maximum absolute atomic E-state index is 13.0. The van der Waals surface area contributed by atoms with E-state index in [9.17, 15) is 4.79 Å². The van der Waals surface area contributed by atoms with Gasteiger partial charge in [0.05, 0.1) is 17.3 Å². The lowest BCUT2D eigenvalue weighted by atomic mass is 10.2. The molecule has 2 heterocycles. The number of amides is 1. The maximum atomic E-state index is 13.0. The number of ether oxygens (including phenoxy) is 1. The van der Waals surface area contributed by atoms with Crippen LogP contribution in [0.2, 0.25) is 5.02 Å². The number of fused-ring (bicyclic) bond motifs is 1. The summed E-state index contributed by atoms with van der Waals surface area (Å²) in [5, 5.41) is 1.38. The minimum Gasteiger partial charge on any atom is -0.492 e. The first kappa shape index (κ1) is 17.7. The van der Waals surface area contributed by atoms with Crippen molar-refractivity contribution in [2.24, 2.45) is 0 Å². The van der Waals surface area contributed by atoms with Crippen LogP contribution in [-0.2, 0) is 0 Å². The Morgan fingerprint density at radius 3 is 2.52 bits per heavy atom. The third kappa shape index (κ3) is 3.35. The number of rotatable bonds is 4. The average Bonchev–Trinajstić information content (AvgIpc) is 3.05. The number of para-hydroxylation sites is 3. The van der Waals surface area contributed by atoms with Gasteiger partial charge in [0.25, 0.3) is 5.91 Å². The SMILES string of the molecule is CCOc1ccccc1N1CCN(C(=O)c2[nH]c3ccccc3c2Cl)CC1. The zero-order chi connectivity index (χ0) is 18.8. The first-order chi connectivity index (χ1) is 13.2. The van der Waals surface area contributed by atoms with Crippen molar-refractivity contribution in [1.29, 1.82) is 0 Å². The minimum absolute atomic E-state index is 0.0473. The Labute approximate surface area is 163 Å². The molecule has 0 spiro atoms. The summed E-state index contributed by atoms with van der Waals surface area (Å²) < 4.78 is 5.74. The number of carbonyl (C=O) groups excluding carboxylic acids is 1. The highest BCUT2D eigenvalue weighted by atomic mass is 35.5. The van der Waals surface area contributed by atoms with E-state index in [1.807, 2.05) is 54.3 Å². The van der Waals surface area contributed by atoms with Crippen molar-refractivity contribution in [3.8, 4) is 5.75 Å². The molecule has 5 nitrogen and oxygen atoms in total. The normalized spacial score (nSPS) is 14.6. The molecule has 27 heavy (non-hydrogen) atoms. The number of H-pyrrole nitrogens is 1. The second kappa shape index (κ2) is 7.53. The summed E-state index contributed by atoms with van der Waals surface area (Å²) in [6.07, 6.45) is 0. The van der Waals surface area contributed by atoms with Crippen LogP contribution in [-0.4, -0.2) is 48.6 Å². The Kier molecular flexibility index (Phi) is 4.94. The standard InChI is InChI=1S/C21H22ClN3O2/c1-2-27-18-10-6-5-9-17(18)24-11-13-25(14-12-24)21(26)20-19(22)15-7-3-4-8-16(15)23-20/h3-10,23H,2,11-14H2,1H3. The van der Waals surface area contributed by atoms with Gasteiger partial charge in [-0.25, -0.2) is 0 Å².